The van der Waals surface area contributed by atoms with E-state index in [4.69, 9.17) is 18.9 Å². The number of carbonyl (C=O) groups excluding carboxylic acids is 1. The van der Waals surface area contributed by atoms with Crippen LogP contribution >= 0.6 is 0 Å². The van der Waals surface area contributed by atoms with Crippen LogP contribution in [0.1, 0.15) is 22.8 Å². The first-order chi connectivity index (χ1) is 17.8. The number of rotatable bonds is 7. The van der Waals surface area contributed by atoms with Crippen LogP contribution < -0.4 is 24.4 Å². The molecule has 1 atom stereocenters. The largest absolute Gasteiger partial charge is 0.475 e. The molecule has 3 heterocycles. The smallest absolute Gasteiger partial charge is 0.404 e. The van der Waals surface area contributed by atoms with E-state index >= 15 is 0 Å². The SMILES string of the molecule is Cc1ccc(NC(=O)c2ccc3c(c2)OC(C)(F)O3)cc1-c1cc(OCCO)nc(N2CCOCC2)c1. The Hall–Kier alpha value is -3.89. The number of morpholine rings is 1. The van der Waals surface area contributed by atoms with E-state index in [0.29, 0.717) is 43.4 Å². The second kappa shape index (κ2) is 10.2. The molecule has 1 unspecified atom stereocenters. The van der Waals surface area contributed by atoms with Crippen LogP contribution in [-0.4, -0.2) is 61.6 Å². The molecule has 0 spiro atoms. The Kier molecular flexibility index (Phi) is 6.86. The maximum Gasteiger partial charge on any atom is 0.404 e. The van der Waals surface area contributed by atoms with Gasteiger partial charge in [-0.3, -0.25) is 4.79 Å². The first-order valence-corrected chi connectivity index (χ1v) is 12.0. The Labute approximate surface area is 213 Å². The van der Waals surface area contributed by atoms with E-state index in [9.17, 15) is 14.3 Å². The average molecular weight is 510 g/mol. The summed E-state index contributed by atoms with van der Waals surface area (Å²) in [5, 5.41) is 12.1. The van der Waals surface area contributed by atoms with Crippen molar-refractivity contribution in [2.45, 2.75) is 19.9 Å². The molecule has 0 radical (unpaired) electrons. The fourth-order valence-electron chi connectivity index (χ4n) is 4.27. The molecule has 1 aromatic heterocycles. The van der Waals surface area contributed by atoms with Crippen molar-refractivity contribution >= 4 is 17.4 Å². The summed E-state index contributed by atoms with van der Waals surface area (Å²) in [6.45, 7) is 5.80. The van der Waals surface area contributed by atoms with Gasteiger partial charge in [-0.15, -0.1) is 0 Å². The minimum atomic E-state index is -2.26. The van der Waals surface area contributed by atoms with Crippen LogP contribution in [0, 0.1) is 6.92 Å². The molecule has 2 aliphatic heterocycles. The molecule has 194 valence electrons. The Bertz CT molecular complexity index is 1310. The van der Waals surface area contributed by atoms with Crippen LogP contribution in [0.15, 0.2) is 48.5 Å². The first kappa shape index (κ1) is 24.8. The Morgan fingerprint density at radius 1 is 1.14 bits per heavy atom. The van der Waals surface area contributed by atoms with Gasteiger partial charge >= 0.3 is 6.04 Å². The molecule has 37 heavy (non-hydrogen) atoms. The van der Waals surface area contributed by atoms with Crippen LogP contribution in [0.4, 0.5) is 15.9 Å². The molecule has 9 nitrogen and oxygen atoms in total. The van der Waals surface area contributed by atoms with Gasteiger partial charge in [-0.25, -0.2) is 0 Å². The van der Waals surface area contributed by atoms with Gasteiger partial charge in [-0.2, -0.15) is 9.37 Å². The van der Waals surface area contributed by atoms with Gasteiger partial charge in [0.2, 0.25) is 5.88 Å². The molecule has 1 fully saturated rings. The van der Waals surface area contributed by atoms with E-state index in [1.54, 1.807) is 6.07 Å². The number of alkyl halides is 1. The van der Waals surface area contributed by atoms with E-state index in [1.165, 1.54) is 12.1 Å². The van der Waals surface area contributed by atoms with Crippen molar-refractivity contribution in [1.82, 2.24) is 4.98 Å². The predicted molar refractivity (Wildman–Crippen MR) is 135 cm³/mol. The number of carbonyl (C=O) groups is 1. The highest BCUT2D eigenvalue weighted by atomic mass is 19.2. The van der Waals surface area contributed by atoms with Gasteiger partial charge in [0.15, 0.2) is 11.5 Å². The third kappa shape index (κ3) is 5.60. The van der Waals surface area contributed by atoms with Crippen LogP contribution in [0.3, 0.4) is 0 Å². The topological polar surface area (TPSA) is 102 Å². The maximum absolute atomic E-state index is 14.0. The summed E-state index contributed by atoms with van der Waals surface area (Å²) < 4.78 is 35.3. The lowest BCUT2D eigenvalue weighted by molar-refractivity contribution is -0.173. The van der Waals surface area contributed by atoms with Crippen LogP contribution in [0.5, 0.6) is 17.4 Å². The third-order valence-electron chi connectivity index (χ3n) is 6.06. The Morgan fingerprint density at radius 3 is 2.70 bits per heavy atom. The zero-order valence-electron chi connectivity index (χ0n) is 20.6. The summed E-state index contributed by atoms with van der Waals surface area (Å²) in [6, 6.07) is 11.7. The molecule has 2 aliphatic rings. The first-order valence-electron chi connectivity index (χ1n) is 12.0. The van der Waals surface area contributed by atoms with E-state index in [-0.39, 0.29) is 30.6 Å². The molecule has 3 aromatic rings. The van der Waals surface area contributed by atoms with Crippen molar-refractivity contribution in [2.24, 2.45) is 0 Å². The zero-order valence-corrected chi connectivity index (χ0v) is 20.6. The van der Waals surface area contributed by atoms with Gasteiger partial charge in [0.05, 0.1) is 19.8 Å². The monoisotopic (exact) mass is 509 g/mol. The lowest BCUT2D eigenvalue weighted by Gasteiger charge is -2.28. The molecule has 2 aromatic carbocycles. The van der Waals surface area contributed by atoms with Crippen LogP contribution in [0.25, 0.3) is 11.1 Å². The van der Waals surface area contributed by atoms with Gasteiger partial charge in [-0.1, -0.05) is 6.07 Å². The van der Waals surface area contributed by atoms with Gasteiger partial charge in [0, 0.05) is 37.3 Å². The van der Waals surface area contributed by atoms with Crippen molar-refractivity contribution in [1.29, 1.82) is 0 Å². The number of nitrogens with zero attached hydrogens (tertiary/aromatic N) is 2. The molecular weight excluding hydrogens is 481 g/mol. The number of aryl methyl sites for hydroxylation is 1. The summed E-state index contributed by atoms with van der Waals surface area (Å²) in [5.74, 6) is 1.20. The predicted octanol–water partition coefficient (Wildman–Crippen LogP) is 3.93. The van der Waals surface area contributed by atoms with Crippen LogP contribution in [-0.2, 0) is 4.74 Å². The van der Waals surface area contributed by atoms with Crippen molar-refractivity contribution in [2.75, 3.05) is 49.7 Å². The zero-order chi connectivity index (χ0) is 26.0. The standard InChI is InChI=1S/C27H28FN3O6/c1-17-3-5-20(29-26(33)18-4-6-22-23(13-18)37-27(2,28)36-22)16-21(17)19-14-24(31-7-10-34-11-8-31)30-25(15-19)35-12-9-32/h3-6,13-16,32H,7-12H2,1-2H3,(H,29,33). The number of ether oxygens (including phenoxy) is 4. The number of aliphatic hydroxyl groups is 1. The summed E-state index contributed by atoms with van der Waals surface area (Å²) in [5.41, 5.74) is 3.64. The highest BCUT2D eigenvalue weighted by Gasteiger charge is 2.37. The van der Waals surface area contributed by atoms with Gasteiger partial charge in [-0.05, 0) is 60.0 Å². The van der Waals surface area contributed by atoms with E-state index in [0.717, 1.165) is 29.4 Å². The van der Waals surface area contributed by atoms with Gasteiger partial charge < -0.3 is 34.3 Å². The number of pyridine rings is 1. The highest BCUT2D eigenvalue weighted by molar-refractivity contribution is 6.05. The van der Waals surface area contributed by atoms with E-state index in [2.05, 4.69) is 15.2 Å². The summed E-state index contributed by atoms with van der Waals surface area (Å²) in [6.07, 6.45) is 0. The highest BCUT2D eigenvalue weighted by Crippen LogP contribution is 2.40. The fraction of sp³-hybridized carbons (Fsp3) is 0.333. The summed E-state index contributed by atoms with van der Waals surface area (Å²) >= 11 is 0. The number of amides is 1. The van der Waals surface area contributed by atoms with Crippen LogP contribution in [0.2, 0.25) is 0 Å². The number of aliphatic hydroxyl groups excluding tert-OH is 1. The lowest BCUT2D eigenvalue weighted by atomic mass is 10.00. The second-order valence-corrected chi connectivity index (χ2v) is 8.91. The van der Waals surface area contributed by atoms with E-state index in [1.807, 2.05) is 37.3 Å². The van der Waals surface area contributed by atoms with Gasteiger partial charge in [0.1, 0.15) is 12.4 Å². The molecule has 0 bridgehead atoms. The molecule has 1 amide bonds. The number of benzene rings is 2. The maximum atomic E-state index is 14.0. The number of aromatic nitrogens is 1. The number of halogens is 1. The average Bonchev–Trinajstić information content (AvgIpc) is 3.21. The Morgan fingerprint density at radius 2 is 1.92 bits per heavy atom. The number of hydrogen-bond donors (Lipinski definition) is 2. The van der Waals surface area contributed by atoms with Crippen molar-refractivity contribution < 1.29 is 33.2 Å². The second-order valence-electron chi connectivity index (χ2n) is 8.91. The summed E-state index contributed by atoms with van der Waals surface area (Å²) in [7, 11) is 0. The van der Waals surface area contributed by atoms with E-state index < -0.39 is 6.04 Å². The Balaban J connectivity index is 1.42. The molecule has 10 heteroatoms. The van der Waals surface area contributed by atoms with Crippen molar-refractivity contribution in [3.05, 3.63) is 59.7 Å². The molecule has 0 saturated carbocycles. The minimum Gasteiger partial charge on any atom is -0.475 e. The number of hydrogen-bond acceptors (Lipinski definition) is 8. The summed E-state index contributed by atoms with van der Waals surface area (Å²) in [4.78, 5) is 19.7. The van der Waals surface area contributed by atoms with Crippen molar-refractivity contribution in [3.63, 3.8) is 0 Å². The van der Waals surface area contributed by atoms with Gasteiger partial charge in [0.25, 0.3) is 5.91 Å². The lowest BCUT2D eigenvalue weighted by Crippen LogP contribution is -2.36. The number of nitrogens with one attached hydrogen (secondary N) is 1. The third-order valence-corrected chi connectivity index (χ3v) is 6.06. The quantitative estimate of drug-likeness (QED) is 0.494. The fourth-order valence-corrected chi connectivity index (χ4v) is 4.27. The number of anilines is 2. The number of fused-ring (bicyclic) bond motifs is 1. The molecule has 2 N–H and O–H groups in total. The van der Waals surface area contributed by atoms with Crippen molar-refractivity contribution in [3.8, 4) is 28.5 Å². The normalized spacial score (nSPS) is 18.5. The minimum absolute atomic E-state index is 0.121. The molecular formula is C27H28FN3O6. The molecule has 0 aliphatic carbocycles. The molecule has 5 rings (SSSR count). The molecule has 1 saturated heterocycles.